The Kier molecular flexibility index (Phi) is 98.2. The number of hydrogen-bond donors (Lipinski definition) is 2. The third kappa shape index (κ3) is 196. The van der Waals surface area contributed by atoms with Crippen LogP contribution in [0.4, 0.5) is 0 Å². The van der Waals surface area contributed by atoms with Gasteiger partial charge in [-0.2, -0.15) is 9.90 Å². The molecule has 2 nitrogen and oxygen atoms in total. The predicted octanol–water partition coefficient (Wildman–Crippen LogP) is 0.0557. The van der Waals surface area contributed by atoms with Gasteiger partial charge in [-0.1, -0.05) is 0 Å². The molecule has 0 bridgehead atoms. The van der Waals surface area contributed by atoms with Crippen LogP contribution in [0, 0.1) is 0 Å². The van der Waals surface area contributed by atoms with Crippen molar-refractivity contribution in [3.05, 3.63) is 0 Å². The fourth-order valence-electron chi connectivity index (χ4n) is 0. The zero-order valence-electron chi connectivity index (χ0n) is 3.91. The van der Waals surface area contributed by atoms with Crippen molar-refractivity contribution in [2.45, 2.75) is 0 Å². The van der Waals surface area contributed by atoms with Crippen molar-refractivity contribution < 1.29 is 0 Å². The molecule has 0 saturated carbocycles. The standard InChI is InChI=1S/C2H7N.H3N.H3P/c1-3-2;;/h3H,1-2H3;2*1H3. The average molecular weight is 96.1 g/mol. The van der Waals surface area contributed by atoms with Crippen LogP contribution in [0.1, 0.15) is 0 Å². The fourth-order valence-corrected chi connectivity index (χ4v) is 0. The lowest BCUT2D eigenvalue weighted by atomic mass is 11.3. The van der Waals surface area contributed by atoms with Gasteiger partial charge < -0.3 is 11.5 Å². The molecule has 0 heterocycles. The topological polar surface area (TPSA) is 47.0 Å². The first kappa shape index (κ1) is 18.3. The Morgan fingerprint density at radius 1 is 1.20 bits per heavy atom. The molecule has 0 spiro atoms. The van der Waals surface area contributed by atoms with E-state index in [4.69, 9.17) is 0 Å². The highest BCUT2D eigenvalue weighted by molar-refractivity contribution is 6.92. The molecule has 0 aliphatic heterocycles. The molecule has 3 heteroatoms. The van der Waals surface area contributed by atoms with Gasteiger partial charge in [0.1, 0.15) is 0 Å². The smallest absolute Gasteiger partial charge is 0.0167 e. The molecule has 0 rings (SSSR count). The Morgan fingerprint density at radius 2 is 1.20 bits per heavy atom. The maximum absolute atomic E-state index is 2.75. The maximum atomic E-state index is 2.75. The molecule has 1 unspecified atom stereocenters. The molecule has 0 fully saturated rings. The van der Waals surface area contributed by atoms with E-state index in [0.29, 0.717) is 0 Å². The molecule has 4 N–H and O–H groups in total. The Hall–Kier alpha value is 0.350. The van der Waals surface area contributed by atoms with E-state index >= 15 is 0 Å². The molecular weight excluding hydrogens is 83.0 g/mol. The Morgan fingerprint density at radius 3 is 1.20 bits per heavy atom. The van der Waals surface area contributed by atoms with Gasteiger partial charge in [-0.15, -0.1) is 0 Å². The molecule has 0 saturated heterocycles. The molecule has 0 aromatic rings. The molecule has 0 aliphatic rings. The van der Waals surface area contributed by atoms with Crippen molar-refractivity contribution in [1.82, 2.24) is 11.5 Å². The van der Waals surface area contributed by atoms with E-state index in [-0.39, 0.29) is 16.0 Å². The van der Waals surface area contributed by atoms with Gasteiger partial charge >= 0.3 is 0 Å². The summed E-state index contributed by atoms with van der Waals surface area (Å²) in [6, 6.07) is 0. The van der Waals surface area contributed by atoms with Crippen LogP contribution >= 0.6 is 9.90 Å². The Balaban J connectivity index is -0.0000000200. The van der Waals surface area contributed by atoms with E-state index < -0.39 is 0 Å². The lowest BCUT2D eigenvalue weighted by molar-refractivity contribution is 1.02. The van der Waals surface area contributed by atoms with Gasteiger partial charge in [-0.3, -0.25) is 0 Å². The summed E-state index contributed by atoms with van der Waals surface area (Å²) in [6.45, 7) is 0. The van der Waals surface area contributed by atoms with Crippen molar-refractivity contribution in [2.24, 2.45) is 0 Å². The Bertz CT molecular complexity index is 7.61. The zero-order chi connectivity index (χ0) is 2.71. The van der Waals surface area contributed by atoms with Crippen LogP contribution in [-0.4, -0.2) is 14.1 Å². The SMILES string of the molecule is CNC.N.P. The largest absolute Gasteiger partial charge is 0.344 e. The minimum Gasteiger partial charge on any atom is -0.344 e. The third-order valence-electron chi connectivity index (χ3n) is 0. The molecule has 0 radical (unpaired) electrons. The summed E-state index contributed by atoms with van der Waals surface area (Å²) in [5.74, 6) is 0. The first-order chi connectivity index (χ1) is 1.41. The minimum absolute atomic E-state index is 0. The second-order valence-electron chi connectivity index (χ2n) is 0.500. The normalized spacial score (nSPS) is 3.60. The van der Waals surface area contributed by atoms with Crippen molar-refractivity contribution in [2.75, 3.05) is 14.1 Å². The van der Waals surface area contributed by atoms with Gasteiger partial charge in [0.2, 0.25) is 0 Å². The van der Waals surface area contributed by atoms with Crippen LogP contribution in [-0.2, 0) is 0 Å². The second-order valence-corrected chi connectivity index (χ2v) is 0.500. The molecule has 0 aromatic heterocycles. The zero-order valence-corrected chi connectivity index (χ0v) is 5.33. The highest BCUT2D eigenvalue weighted by Crippen LogP contribution is 0.981. The van der Waals surface area contributed by atoms with Gasteiger partial charge in [0.25, 0.3) is 0 Å². The lowest BCUT2D eigenvalue weighted by Gasteiger charge is -1.59. The van der Waals surface area contributed by atoms with Crippen molar-refractivity contribution in [3.8, 4) is 0 Å². The van der Waals surface area contributed by atoms with Crippen molar-refractivity contribution in [3.63, 3.8) is 0 Å². The molecule has 1 atom stereocenters. The number of hydrogen-bond acceptors (Lipinski definition) is 2. The highest BCUT2D eigenvalue weighted by Gasteiger charge is 1.25. The Labute approximate surface area is 36.5 Å². The number of rotatable bonds is 0. The monoisotopic (exact) mass is 96.1 g/mol. The second kappa shape index (κ2) is 26.8. The summed E-state index contributed by atoms with van der Waals surface area (Å²) in [4.78, 5) is 0. The van der Waals surface area contributed by atoms with Gasteiger partial charge in [0, 0.05) is 0 Å². The van der Waals surface area contributed by atoms with Crippen LogP contribution < -0.4 is 11.5 Å². The van der Waals surface area contributed by atoms with Crippen LogP contribution in [0.3, 0.4) is 0 Å². The van der Waals surface area contributed by atoms with Crippen LogP contribution in [0.25, 0.3) is 0 Å². The summed E-state index contributed by atoms with van der Waals surface area (Å²) in [5, 5.41) is 2.75. The molecule has 36 valence electrons. The minimum atomic E-state index is 0. The van der Waals surface area contributed by atoms with Crippen LogP contribution in [0.15, 0.2) is 0 Å². The van der Waals surface area contributed by atoms with Crippen LogP contribution in [0.2, 0.25) is 0 Å². The third-order valence-corrected chi connectivity index (χ3v) is 0. The van der Waals surface area contributed by atoms with Crippen LogP contribution in [0.5, 0.6) is 0 Å². The van der Waals surface area contributed by atoms with E-state index in [2.05, 4.69) is 5.32 Å². The van der Waals surface area contributed by atoms with E-state index in [0.717, 1.165) is 0 Å². The van der Waals surface area contributed by atoms with E-state index in [1.165, 1.54) is 0 Å². The van der Waals surface area contributed by atoms with Gasteiger partial charge in [0.15, 0.2) is 0 Å². The molecule has 0 amide bonds. The van der Waals surface area contributed by atoms with Gasteiger partial charge in [-0.25, -0.2) is 0 Å². The molecule has 0 aromatic carbocycles. The summed E-state index contributed by atoms with van der Waals surface area (Å²) in [7, 11) is 3.75. The first-order valence-electron chi connectivity index (χ1n) is 1.00. The summed E-state index contributed by atoms with van der Waals surface area (Å²) in [6.07, 6.45) is 0. The van der Waals surface area contributed by atoms with E-state index in [1.54, 1.807) is 0 Å². The summed E-state index contributed by atoms with van der Waals surface area (Å²) < 4.78 is 0. The highest BCUT2D eigenvalue weighted by atomic mass is 31.0. The predicted molar refractivity (Wildman–Crippen MR) is 31.1 cm³/mol. The maximum Gasteiger partial charge on any atom is -0.0167 e. The molecule has 0 aliphatic carbocycles. The van der Waals surface area contributed by atoms with Gasteiger partial charge in [-0.05, 0) is 14.1 Å². The lowest BCUT2D eigenvalue weighted by Crippen LogP contribution is -1.89. The molecular formula is C2H13N2P. The van der Waals surface area contributed by atoms with E-state index in [9.17, 15) is 0 Å². The molecule has 5 heavy (non-hydrogen) atoms. The van der Waals surface area contributed by atoms with Crippen molar-refractivity contribution >= 4 is 9.90 Å². The first-order valence-corrected chi connectivity index (χ1v) is 1.00. The number of nitrogens with one attached hydrogen (secondary N) is 1. The summed E-state index contributed by atoms with van der Waals surface area (Å²) in [5.41, 5.74) is 0. The summed E-state index contributed by atoms with van der Waals surface area (Å²) >= 11 is 0. The van der Waals surface area contributed by atoms with Gasteiger partial charge in [0.05, 0.1) is 0 Å². The van der Waals surface area contributed by atoms with Crippen molar-refractivity contribution in [1.29, 1.82) is 0 Å². The quantitative estimate of drug-likeness (QED) is 0.419. The van der Waals surface area contributed by atoms with E-state index in [1.807, 2.05) is 14.1 Å². The average Bonchev–Trinajstić information content (AvgIpc) is 0.918. The fraction of sp³-hybridized carbons (Fsp3) is 1.00.